The second kappa shape index (κ2) is 6.47. The van der Waals surface area contributed by atoms with Crippen LogP contribution in [0.2, 0.25) is 0 Å². The largest absolute Gasteiger partial charge is 0.395 e. The summed E-state index contributed by atoms with van der Waals surface area (Å²) in [4.78, 5) is 38.4. The van der Waals surface area contributed by atoms with E-state index in [2.05, 4.69) is 10.6 Å². The summed E-state index contributed by atoms with van der Waals surface area (Å²) in [6.07, 6.45) is 3.32. The van der Waals surface area contributed by atoms with Crippen molar-refractivity contribution in [3.05, 3.63) is 36.4 Å². The number of amides is 3. The predicted molar refractivity (Wildman–Crippen MR) is 96.9 cm³/mol. The molecule has 3 unspecified atom stereocenters. The Bertz CT molecular complexity index is 821. The molecule has 3 amide bonds. The van der Waals surface area contributed by atoms with E-state index in [0.29, 0.717) is 17.9 Å². The second-order valence-electron chi connectivity index (χ2n) is 7.07. The summed E-state index contributed by atoms with van der Waals surface area (Å²) in [6.45, 7) is 1.76. The van der Waals surface area contributed by atoms with Gasteiger partial charge in [0.25, 0.3) is 0 Å². The molecule has 0 aliphatic carbocycles. The monoisotopic (exact) mass is 371 g/mol. The van der Waals surface area contributed by atoms with Crippen molar-refractivity contribution in [3.63, 3.8) is 0 Å². The van der Waals surface area contributed by atoms with E-state index in [1.165, 1.54) is 6.92 Å². The van der Waals surface area contributed by atoms with Gasteiger partial charge in [-0.2, -0.15) is 0 Å². The summed E-state index contributed by atoms with van der Waals surface area (Å²) in [6, 6.07) is 6.99. The van der Waals surface area contributed by atoms with Crippen LogP contribution in [-0.4, -0.2) is 54.2 Å². The minimum atomic E-state index is -0.792. The van der Waals surface area contributed by atoms with Crippen molar-refractivity contribution in [1.82, 2.24) is 5.32 Å². The van der Waals surface area contributed by atoms with Crippen LogP contribution in [0.15, 0.2) is 36.4 Å². The summed E-state index contributed by atoms with van der Waals surface area (Å²) in [5, 5.41) is 14.3. The number of aliphatic hydroxyl groups excluding tert-OH is 1. The van der Waals surface area contributed by atoms with Crippen molar-refractivity contribution in [3.8, 4) is 0 Å². The Kier molecular flexibility index (Phi) is 4.24. The van der Waals surface area contributed by atoms with Crippen molar-refractivity contribution in [2.45, 2.75) is 18.6 Å². The summed E-state index contributed by atoms with van der Waals surface area (Å²) in [7, 11) is 0. The number of hydrogen-bond acceptors (Lipinski definition) is 5. The minimum absolute atomic E-state index is 0.147. The van der Waals surface area contributed by atoms with Gasteiger partial charge < -0.3 is 25.4 Å². The van der Waals surface area contributed by atoms with Gasteiger partial charge >= 0.3 is 0 Å². The molecule has 2 fully saturated rings. The summed E-state index contributed by atoms with van der Waals surface area (Å²) in [5.41, 5.74) is 0.543. The number of carbonyl (C=O) groups excluding carboxylic acids is 3. The molecular weight excluding hydrogens is 350 g/mol. The third kappa shape index (κ3) is 2.81. The highest BCUT2D eigenvalue weighted by molar-refractivity contribution is 6.03. The van der Waals surface area contributed by atoms with Crippen LogP contribution in [0.3, 0.4) is 0 Å². The van der Waals surface area contributed by atoms with Crippen molar-refractivity contribution in [1.29, 1.82) is 0 Å². The van der Waals surface area contributed by atoms with Gasteiger partial charge in [-0.15, -0.1) is 0 Å². The number of hydrogen-bond donors (Lipinski definition) is 3. The van der Waals surface area contributed by atoms with E-state index in [1.807, 2.05) is 12.2 Å². The average Bonchev–Trinajstić information content (AvgIpc) is 3.28. The smallest absolute Gasteiger partial charge is 0.234 e. The number of benzene rings is 1. The summed E-state index contributed by atoms with van der Waals surface area (Å²) in [5.74, 6) is -1.78. The molecule has 0 aromatic heterocycles. The average molecular weight is 371 g/mol. The lowest BCUT2D eigenvalue weighted by atomic mass is 9.77. The normalized spacial score (nSPS) is 30.5. The van der Waals surface area contributed by atoms with E-state index in [1.54, 1.807) is 29.2 Å². The van der Waals surface area contributed by atoms with Crippen molar-refractivity contribution < 1.29 is 24.2 Å². The molecule has 0 saturated carbocycles. The SMILES string of the molecule is CC(=O)Nc1ccc(N2CC34C=C[C@H](O3)C(C(=O)NCCO)C4C2=O)cc1. The number of anilines is 2. The summed E-state index contributed by atoms with van der Waals surface area (Å²) >= 11 is 0. The Labute approximate surface area is 156 Å². The first-order valence-electron chi connectivity index (χ1n) is 8.90. The van der Waals surface area contributed by atoms with Gasteiger partial charge in [0.05, 0.1) is 31.1 Å². The van der Waals surface area contributed by atoms with E-state index in [9.17, 15) is 14.4 Å². The molecule has 4 atom stereocenters. The summed E-state index contributed by atoms with van der Waals surface area (Å²) < 4.78 is 6.04. The van der Waals surface area contributed by atoms with Gasteiger partial charge in [0.2, 0.25) is 17.7 Å². The van der Waals surface area contributed by atoms with E-state index in [4.69, 9.17) is 9.84 Å². The van der Waals surface area contributed by atoms with Gasteiger partial charge in [-0.25, -0.2) is 0 Å². The molecule has 1 spiro atoms. The number of nitrogens with zero attached hydrogens (tertiary/aromatic N) is 1. The number of aliphatic hydroxyl groups is 1. The van der Waals surface area contributed by atoms with Crippen molar-refractivity contribution >= 4 is 29.1 Å². The lowest BCUT2D eigenvalue weighted by molar-refractivity contribution is -0.132. The van der Waals surface area contributed by atoms with Gasteiger partial charge in [0.1, 0.15) is 5.60 Å². The number of nitrogens with one attached hydrogen (secondary N) is 2. The van der Waals surface area contributed by atoms with E-state index >= 15 is 0 Å². The Hall–Kier alpha value is -2.71. The standard InChI is InChI=1S/C19H21N3O5/c1-11(24)21-12-2-4-13(5-3-12)22-10-19-7-6-14(27-19)15(16(19)18(22)26)17(25)20-8-9-23/h2-7,14-16,23H,8-10H2,1H3,(H,20,25)(H,21,24)/t14-,15?,16?,19?/m0/s1. The third-order valence-corrected chi connectivity index (χ3v) is 5.31. The van der Waals surface area contributed by atoms with Gasteiger partial charge in [-0.05, 0) is 24.3 Å². The van der Waals surface area contributed by atoms with Crippen LogP contribution in [0.4, 0.5) is 11.4 Å². The first-order chi connectivity index (χ1) is 12.9. The molecule has 0 radical (unpaired) electrons. The van der Waals surface area contributed by atoms with Crippen LogP contribution in [-0.2, 0) is 19.1 Å². The second-order valence-corrected chi connectivity index (χ2v) is 7.07. The van der Waals surface area contributed by atoms with Crippen LogP contribution in [0.5, 0.6) is 0 Å². The lowest BCUT2D eigenvalue weighted by Crippen LogP contribution is -2.44. The fraction of sp³-hybridized carbons (Fsp3) is 0.421. The molecule has 2 bridgehead atoms. The number of carbonyl (C=O) groups is 3. The van der Waals surface area contributed by atoms with Gasteiger partial charge in [0.15, 0.2) is 0 Å². The van der Waals surface area contributed by atoms with E-state index < -0.39 is 23.5 Å². The Morgan fingerprint density at radius 2 is 2.07 bits per heavy atom. The van der Waals surface area contributed by atoms with E-state index in [0.717, 1.165) is 0 Å². The highest BCUT2D eigenvalue weighted by atomic mass is 16.5. The topological polar surface area (TPSA) is 108 Å². The molecule has 3 N–H and O–H groups in total. The van der Waals surface area contributed by atoms with Crippen LogP contribution in [0, 0.1) is 11.8 Å². The van der Waals surface area contributed by atoms with Crippen molar-refractivity contribution in [2.75, 3.05) is 29.9 Å². The maximum atomic E-state index is 13.1. The highest BCUT2D eigenvalue weighted by Gasteiger charge is 2.66. The number of ether oxygens (including phenoxy) is 1. The third-order valence-electron chi connectivity index (χ3n) is 5.31. The van der Waals surface area contributed by atoms with Crippen LogP contribution < -0.4 is 15.5 Å². The maximum absolute atomic E-state index is 13.1. The molecule has 1 aromatic carbocycles. The fourth-order valence-electron chi connectivity index (χ4n) is 4.24. The first-order valence-corrected chi connectivity index (χ1v) is 8.90. The van der Waals surface area contributed by atoms with Gasteiger partial charge in [-0.3, -0.25) is 14.4 Å². The Morgan fingerprint density at radius 1 is 1.33 bits per heavy atom. The molecule has 3 aliphatic heterocycles. The Balaban J connectivity index is 1.57. The van der Waals surface area contributed by atoms with Crippen LogP contribution in [0.25, 0.3) is 0 Å². The van der Waals surface area contributed by atoms with Crippen molar-refractivity contribution in [2.24, 2.45) is 11.8 Å². The molecule has 142 valence electrons. The zero-order valence-corrected chi connectivity index (χ0v) is 14.8. The molecule has 3 aliphatic rings. The zero-order chi connectivity index (χ0) is 19.2. The molecule has 1 aromatic rings. The molecule has 27 heavy (non-hydrogen) atoms. The molecule has 2 saturated heterocycles. The first kappa shape index (κ1) is 17.7. The zero-order valence-electron chi connectivity index (χ0n) is 14.8. The molecule has 3 heterocycles. The number of rotatable bonds is 5. The lowest BCUT2D eigenvalue weighted by Gasteiger charge is -2.23. The number of fused-ring (bicyclic) bond motifs is 1. The molecule has 4 rings (SSSR count). The Morgan fingerprint density at radius 3 is 2.74 bits per heavy atom. The quantitative estimate of drug-likeness (QED) is 0.634. The maximum Gasteiger partial charge on any atom is 0.234 e. The minimum Gasteiger partial charge on any atom is -0.395 e. The van der Waals surface area contributed by atoms with Gasteiger partial charge in [0, 0.05) is 24.8 Å². The molecule has 8 heteroatoms. The molecular formula is C19H21N3O5. The van der Waals surface area contributed by atoms with Crippen LogP contribution in [0.1, 0.15) is 6.92 Å². The predicted octanol–water partition coefficient (Wildman–Crippen LogP) is 0.0399. The van der Waals surface area contributed by atoms with E-state index in [-0.39, 0.29) is 30.9 Å². The van der Waals surface area contributed by atoms with Crippen LogP contribution >= 0.6 is 0 Å². The highest BCUT2D eigenvalue weighted by Crippen LogP contribution is 2.52. The van der Waals surface area contributed by atoms with Gasteiger partial charge in [-0.1, -0.05) is 12.2 Å². The fourth-order valence-corrected chi connectivity index (χ4v) is 4.24. The molecule has 8 nitrogen and oxygen atoms in total.